The number of nitrogens with one attached hydrogen (secondary N) is 1. The van der Waals surface area contributed by atoms with Gasteiger partial charge in [0.15, 0.2) is 0 Å². The van der Waals surface area contributed by atoms with E-state index in [2.05, 4.69) is 9.62 Å². The van der Waals surface area contributed by atoms with Crippen molar-refractivity contribution >= 4 is 21.5 Å². The Morgan fingerprint density at radius 1 is 1.50 bits per heavy atom. The maximum Gasteiger partial charge on any atom is 0.274 e. The van der Waals surface area contributed by atoms with Crippen LogP contribution in [0, 0.1) is 0 Å². The fraction of sp³-hybridized carbons (Fsp3) is 0.600. The van der Waals surface area contributed by atoms with Gasteiger partial charge in [-0.3, -0.25) is 4.90 Å². The lowest BCUT2D eigenvalue weighted by atomic mass is 10.2. The molecule has 1 aliphatic rings. The summed E-state index contributed by atoms with van der Waals surface area (Å²) in [6.45, 7) is 3.25. The minimum Gasteiger partial charge on any atom is -0.379 e. The van der Waals surface area contributed by atoms with Crippen LogP contribution in [0.1, 0.15) is 10.9 Å². The molecule has 0 radical (unpaired) electrons. The van der Waals surface area contributed by atoms with E-state index in [0.717, 1.165) is 18.0 Å². The van der Waals surface area contributed by atoms with E-state index in [0.29, 0.717) is 19.8 Å². The molecule has 2 heterocycles. The smallest absolute Gasteiger partial charge is 0.274 e. The van der Waals surface area contributed by atoms with Gasteiger partial charge in [-0.05, 0) is 11.4 Å². The first-order valence-corrected chi connectivity index (χ1v) is 8.11. The van der Waals surface area contributed by atoms with Gasteiger partial charge >= 0.3 is 0 Å². The van der Waals surface area contributed by atoms with Gasteiger partial charge in [-0.25, -0.2) is 9.86 Å². The van der Waals surface area contributed by atoms with Crippen molar-refractivity contribution in [2.75, 3.05) is 32.8 Å². The lowest BCUT2D eigenvalue weighted by Crippen LogP contribution is -2.44. The van der Waals surface area contributed by atoms with Crippen LogP contribution in [-0.4, -0.2) is 46.2 Å². The lowest BCUT2D eigenvalue weighted by molar-refractivity contribution is 0.0179. The Balaban J connectivity index is 2.07. The Labute approximate surface area is 111 Å². The molecule has 0 aliphatic carbocycles. The van der Waals surface area contributed by atoms with Gasteiger partial charge in [0.05, 0.1) is 19.3 Å². The third kappa shape index (κ3) is 4.01. The third-order valence-electron chi connectivity index (χ3n) is 2.84. The minimum absolute atomic E-state index is 0.0206. The molecule has 2 rings (SSSR count). The van der Waals surface area contributed by atoms with Crippen LogP contribution < -0.4 is 9.86 Å². The van der Waals surface area contributed by atoms with Crippen LogP contribution in [-0.2, 0) is 14.9 Å². The predicted octanol–water partition coefficient (Wildman–Crippen LogP) is -0.0855. The summed E-state index contributed by atoms with van der Waals surface area (Å²) in [5.41, 5.74) is 0. The molecule has 0 aromatic carbocycles. The van der Waals surface area contributed by atoms with Crippen LogP contribution in [0.5, 0.6) is 0 Å². The highest BCUT2D eigenvalue weighted by molar-refractivity contribution is 7.87. The van der Waals surface area contributed by atoms with E-state index < -0.39 is 10.2 Å². The first-order chi connectivity index (χ1) is 8.56. The molecule has 0 amide bonds. The van der Waals surface area contributed by atoms with E-state index in [4.69, 9.17) is 9.88 Å². The van der Waals surface area contributed by atoms with Gasteiger partial charge in [-0.2, -0.15) is 8.42 Å². The first kappa shape index (κ1) is 13.9. The molecule has 18 heavy (non-hydrogen) atoms. The Bertz CT molecular complexity index is 455. The van der Waals surface area contributed by atoms with Crippen molar-refractivity contribution in [3.05, 3.63) is 22.4 Å². The van der Waals surface area contributed by atoms with E-state index in [1.165, 1.54) is 0 Å². The second-order valence-electron chi connectivity index (χ2n) is 4.07. The van der Waals surface area contributed by atoms with Crippen LogP contribution in [0.2, 0.25) is 0 Å². The van der Waals surface area contributed by atoms with Gasteiger partial charge < -0.3 is 4.74 Å². The fourth-order valence-corrected chi connectivity index (χ4v) is 3.23. The van der Waals surface area contributed by atoms with Gasteiger partial charge in [0.1, 0.15) is 0 Å². The Morgan fingerprint density at radius 2 is 2.22 bits per heavy atom. The Morgan fingerprint density at radius 3 is 2.78 bits per heavy atom. The van der Waals surface area contributed by atoms with Crippen LogP contribution >= 0.6 is 11.3 Å². The maximum absolute atomic E-state index is 11.0. The van der Waals surface area contributed by atoms with Crippen LogP contribution in [0.4, 0.5) is 0 Å². The van der Waals surface area contributed by atoms with Gasteiger partial charge in [0.2, 0.25) is 0 Å². The molecule has 1 atom stereocenters. The molecule has 8 heteroatoms. The van der Waals surface area contributed by atoms with Crippen molar-refractivity contribution in [1.29, 1.82) is 0 Å². The SMILES string of the molecule is NS(=O)(=O)NCC(c1cccs1)N1CCOCC1. The Kier molecular flexibility index (Phi) is 4.71. The zero-order valence-corrected chi connectivity index (χ0v) is 11.5. The topological polar surface area (TPSA) is 84.7 Å². The first-order valence-electron chi connectivity index (χ1n) is 5.69. The molecule has 1 unspecified atom stereocenters. The summed E-state index contributed by atoms with van der Waals surface area (Å²) in [6.07, 6.45) is 0. The van der Waals surface area contributed by atoms with E-state index in [1.807, 2.05) is 17.5 Å². The molecule has 0 spiro atoms. The molecule has 1 saturated heterocycles. The molecular formula is C10H17N3O3S2. The summed E-state index contributed by atoms with van der Waals surface area (Å²) in [6, 6.07) is 3.99. The number of morpholine rings is 1. The zero-order chi connectivity index (χ0) is 13.0. The van der Waals surface area contributed by atoms with Crippen LogP contribution in [0.15, 0.2) is 17.5 Å². The highest BCUT2D eigenvalue weighted by atomic mass is 32.2. The van der Waals surface area contributed by atoms with Crippen molar-refractivity contribution in [2.24, 2.45) is 5.14 Å². The largest absolute Gasteiger partial charge is 0.379 e. The van der Waals surface area contributed by atoms with Crippen molar-refractivity contribution in [2.45, 2.75) is 6.04 Å². The van der Waals surface area contributed by atoms with E-state index in [9.17, 15) is 8.42 Å². The Hall–Kier alpha value is -0.510. The lowest BCUT2D eigenvalue weighted by Gasteiger charge is -2.33. The van der Waals surface area contributed by atoms with Crippen LogP contribution in [0.25, 0.3) is 0 Å². The average Bonchev–Trinajstić information content (AvgIpc) is 2.83. The number of nitrogens with zero attached hydrogens (tertiary/aromatic N) is 1. The number of hydrogen-bond acceptors (Lipinski definition) is 5. The summed E-state index contributed by atoms with van der Waals surface area (Å²) in [4.78, 5) is 3.35. The maximum atomic E-state index is 11.0. The number of hydrogen-bond donors (Lipinski definition) is 2. The zero-order valence-electron chi connectivity index (χ0n) is 9.91. The predicted molar refractivity (Wildman–Crippen MR) is 70.6 cm³/mol. The summed E-state index contributed by atoms with van der Waals surface area (Å²) in [5, 5.41) is 6.97. The molecule has 1 fully saturated rings. The molecule has 102 valence electrons. The molecule has 1 aromatic rings. The van der Waals surface area contributed by atoms with Crippen molar-refractivity contribution in [1.82, 2.24) is 9.62 Å². The molecule has 1 aromatic heterocycles. The molecule has 3 N–H and O–H groups in total. The third-order valence-corrected chi connectivity index (χ3v) is 4.38. The quantitative estimate of drug-likeness (QED) is 0.794. The second kappa shape index (κ2) is 6.09. The average molecular weight is 291 g/mol. The summed E-state index contributed by atoms with van der Waals surface area (Å²) in [7, 11) is -3.65. The number of ether oxygens (including phenoxy) is 1. The highest BCUT2D eigenvalue weighted by Crippen LogP contribution is 2.25. The molecule has 6 nitrogen and oxygen atoms in total. The van der Waals surface area contributed by atoms with Crippen molar-refractivity contribution in [3.8, 4) is 0 Å². The monoisotopic (exact) mass is 291 g/mol. The number of rotatable bonds is 5. The normalized spacial score (nSPS) is 19.8. The molecule has 1 aliphatic heterocycles. The van der Waals surface area contributed by atoms with Crippen molar-refractivity contribution in [3.63, 3.8) is 0 Å². The van der Waals surface area contributed by atoms with E-state index in [-0.39, 0.29) is 6.04 Å². The molecule has 0 saturated carbocycles. The summed E-state index contributed by atoms with van der Waals surface area (Å²) < 4.78 is 29.7. The summed E-state index contributed by atoms with van der Waals surface area (Å²) >= 11 is 1.62. The standard InChI is InChI=1S/C10H17N3O3S2/c11-18(14,15)12-8-9(10-2-1-7-17-10)13-3-5-16-6-4-13/h1-2,7,9,12H,3-6,8H2,(H2,11,14,15). The second-order valence-corrected chi connectivity index (χ2v) is 6.43. The van der Waals surface area contributed by atoms with E-state index >= 15 is 0 Å². The number of thiophene rings is 1. The fourth-order valence-electron chi connectivity index (χ4n) is 1.97. The summed E-state index contributed by atoms with van der Waals surface area (Å²) in [5.74, 6) is 0. The van der Waals surface area contributed by atoms with Crippen LogP contribution in [0.3, 0.4) is 0 Å². The van der Waals surface area contributed by atoms with Crippen molar-refractivity contribution < 1.29 is 13.2 Å². The number of nitrogens with two attached hydrogens (primary N) is 1. The van der Waals surface area contributed by atoms with E-state index in [1.54, 1.807) is 11.3 Å². The molecular weight excluding hydrogens is 274 g/mol. The van der Waals surface area contributed by atoms with Gasteiger partial charge in [0.25, 0.3) is 10.2 Å². The minimum atomic E-state index is -3.65. The van der Waals surface area contributed by atoms with Gasteiger partial charge in [-0.1, -0.05) is 6.07 Å². The highest BCUT2D eigenvalue weighted by Gasteiger charge is 2.24. The van der Waals surface area contributed by atoms with Gasteiger partial charge in [0, 0.05) is 24.5 Å². The van der Waals surface area contributed by atoms with Gasteiger partial charge in [-0.15, -0.1) is 11.3 Å². The molecule has 0 bridgehead atoms.